The molecule has 0 aliphatic carbocycles. The third-order valence-corrected chi connectivity index (χ3v) is 9.04. The summed E-state index contributed by atoms with van der Waals surface area (Å²) < 4.78 is 82.8. The van der Waals surface area contributed by atoms with E-state index in [0.717, 1.165) is 12.1 Å². The summed E-state index contributed by atoms with van der Waals surface area (Å²) in [6.07, 6.45) is 0. The van der Waals surface area contributed by atoms with E-state index in [-0.39, 0.29) is 18.3 Å². The van der Waals surface area contributed by atoms with Crippen LogP contribution in [0.15, 0.2) is 79.1 Å². The maximum absolute atomic E-state index is 14.0. The van der Waals surface area contributed by atoms with E-state index in [2.05, 4.69) is 0 Å². The number of hydrogen-bond acceptors (Lipinski definition) is 6. The van der Waals surface area contributed by atoms with E-state index < -0.39 is 56.0 Å². The van der Waals surface area contributed by atoms with E-state index >= 15 is 0 Å². The first-order valence-electron chi connectivity index (χ1n) is 9.34. The molecule has 4 aromatic rings. The molecule has 0 radical (unpaired) electrons. The monoisotopic (exact) mass is 594 g/mol. The van der Waals surface area contributed by atoms with Gasteiger partial charge >= 0.3 is 194 Å². The molecule has 2 aromatic carbocycles. The quantitative estimate of drug-likeness (QED) is 0.175. The van der Waals surface area contributed by atoms with Crippen LogP contribution >= 0.6 is 20.2 Å². The van der Waals surface area contributed by atoms with Gasteiger partial charge in [-0.05, 0) is 0 Å². The molecule has 0 amide bonds. The molecule has 0 spiro atoms. The second kappa shape index (κ2) is 8.81. The van der Waals surface area contributed by atoms with Crippen LogP contribution in [0.4, 0.5) is 22.0 Å². The van der Waals surface area contributed by atoms with Crippen molar-refractivity contribution in [2.24, 2.45) is 0 Å². The van der Waals surface area contributed by atoms with Gasteiger partial charge in [-0.25, -0.2) is 0 Å². The molecule has 0 atom stereocenters. The molecule has 0 aliphatic heterocycles. The average Bonchev–Trinajstić information content (AvgIpc) is 2.81. The molecule has 0 bridgehead atoms. The summed E-state index contributed by atoms with van der Waals surface area (Å²) in [6, 6.07) is 13.5. The van der Waals surface area contributed by atoms with Crippen LogP contribution in [0.25, 0.3) is 21.9 Å². The second-order valence-corrected chi connectivity index (χ2v) is 11.3. The zero-order valence-electron chi connectivity index (χ0n) is 16.7. The summed E-state index contributed by atoms with van der Waals surface area (Å²) in [5.41, 5.74) is -1.33. The maximum atomic E-state index is 14.0. The fourth-order valence-electron chi connectivity index (χ4n) is 2.85. The standard InChI is InChI=1S/C22H12F5IO6/c23-11-21(24,25)22(26,27)20(31)34-28(14-5-1-12-3-7-18(29)32-16(12)9-14)15-6-2-13-4-8-19(30)33-17(13)10-15/h1-10H,11H2. The molecule has 0 saturated carbocycles. The molecule has 6 nitrogen and oxygen atoms in total. The molecule has 178 valence electrons. The van der Waals surface area contributed by atoms with Gasteiger partial charge < -0.3 is 0 Å². The molecule has 34 heavy (non-hydrogen) atoms. The van der Waals surface area contributed by atoms with Crippen LogP contribution in [0.2, 0.25) is 0 Å². The zero-order chi connectivity index (χ0) is 24.7. The fraction of sp³-hybridized carbons (Fsp3) is 0.136. The van der Waals surface area contributed by atoms with Crippen molar-refractivity contribution in [3.05, 3.63) is 88.6 Å². The Bertz CT molecular complexity index is 1420. The molecule has 12 heteroatoms. The van der Waals surface area contributed by atoms with Crippen LogP contribution < -0.4 is 11.3 Å². The second-order valence-electron chi connectivity index (χ2n) is 6.90. The Kier molecular flexibility index (Phi) is 6.18. The number of benzene rings is 2. The number of halogens is 6. The molecule has 0 unspecified atom stereocenters. The van der Waals surface area contributed by atoms with E-state index in [9.17, 15) is 36.3 Å². The molecule has 0 aliphatic rings. The first-order chi connectivity index (χ1) is 16.0. The summed E-state index contributed by atoms with van der Waals surface area (Å²) in [7, 11) is 0. The summed E-state index contributed by atoms with van der Waals surface area (Å²) in [5.74, 6) is -13.3. The summed E-state index contributed by atoms with van der Waals surface area (Å²) in [5, 5.41) is 0.925. The fourth-order valence-corrected chi connectivity index (χ4v) is 6.90. The van der Waals surface area contributed by atoms with Crippen molar-refractivity contribution in [3.8, 4) is 0 Å². The van der Waals surface area contributed by atoms with E-state index in [4.69, 9.17) is 11.9 Å². The van der Waals surface area contributed by atoms with Crippen LogP contribution in [-0.4, -0.2) is 24.5 Å². The molecule has 4 rings (SSSR count). The van der Waals surface area contributed by atoms with Gasteiger partial charge in [-0.1, -0.05) is 0 Å². The van der Waals surface area contributed by atoms with Gasteiger partial charge in [0.05, 0.1) is 0 Å². The number of rotatable bonds is 6. The number of alkyl halides is 5. The molecule has 0 N–H and O–H groups in total. The number of fused-ring (bicyclic) bond motifs is 2. The Balaban J connectivity index is 1.85. The third-order valence-electron chi connectivity index (χ3n) is 4.60. The van der Waals surface area contributed by atoms with E-state index in [1.54, 1.807) is 0 Å². The van der Waals surface area contributed by atoms with Gasteiger partial charge in [0.15, 0.2) is 0 Å². The van der Waals surface area contributed by atoms with Gasteiger partial charge in [-0.2, -0.15) is 0 Å². The van der Waals surface area contributed by atoms with Crippen molar-refractivity contribution in [2.45, 2.75) is 11.8 Å². The van der Waals surface area contributed by atoms with Crippen LogP contribution in [0.1, 0.15) is 0 Å². The number of hydrogen-bond donors (Lipinski definition) is 0. The van der Waals surface area contributed by atoms with E-state index in [1.165, 1.54) is 48.5 Å². The van der Waals surface area contributed by atoms with E-state index in [0.29, 0.717) is 10.8 Å². The van der Waals surface area contributed by atoms with Crippen LogP contribution in [0, 0.1) is 7.14 Å². The predicted molar refractivity (Wildman–Crippen MR) is 118 cm³/mol. The predicted octanol–water partition coefficient (Wildman–Crippen LogP) is 5.14. The van der Waals surface area contributed by atoms with Gasteiger partial charge in [-0.15, -0.1) is 0 Å². The average molecular weight is 594 g/mol. The first kappa shape index (κ1) is 23.9. The normalized spacial score (nSPS) is 12.7. The van der Waals surface area contributed by atoms with Crippen LogP contribution in [0.3, 0.4) is 0 Å². The first-order valence-corrected chi connectivity index (χ1v) is 12.4. The third kappa shape index (κ3) is 4.41. The van der Waals surface area contributed by atoms with Gasteiger partial charge in [0.25, 0.3) is 0 Å². The van der Waals surface area contributed by atoms with Crippen molar-refractivity contribution < 1.29 is 38.6 Å². The molecular formula is C22H12F5IO6. The van der Waals surface area contributed by atoms with Crippen molar-refractivity contribution in [3.63, 3.8) is 0 Å². The van der Waals surface area contributed by atoms with Crippen molar-refractivity contribution in [1.29, 1.82) is 0 Å². The Labute approximate surface area is 193 Å². The molecular weight excluding hydrogens is 582 g/mol. The van der Waals surface area contributed by atoms with E-state index in [1.807, 2.05) is 0 Å². The van der Waals surface area contributed by atoms with Gasteiger partial charge in [0.2, 0.25) is 0 Å². The number of carbonyl (C=O) groups excluding carboxylic acids is 1. The minimum atomic E-state index is -5.44. The van der Waals surface area contributed by atoms with Gasteiger partial charge in [0, 0.05) is 0 Å². The Morgan fingerprint density at radius 2 is 1.24 bits per heavy atom. The van der Waals surface area contributed by atoms with Crippen molar-refractivity contribution in [1.82, 2.24) is 0 Å². The zero-order valence-corrected chi connectivity index (χ0v) is 18.9. The van der Waals surface area contributed by atoms with Gasteiger partial charge in [-0.3, -0.25) is 0 Å². The summed E-state index contributed by atoms with van der Waals surface area (Å²) >= 11 is -3.78. The van der Waals surface area contributed by atoms with Crippen molar-refractivity contribution in [2.75, 3.05) is 6.67 Å². The topological polar surface area (TPSA) is 86.7 Å². The van der Waals surface area contributed by atoms with Crippen LogP contribution in [-0.2, 0) is 7.86 Å². The minimum absolute atomic E-state index is 0.0384. The number of carbonyl (C=O) groups is 1. The SMILES string of the molecule is O=C(OI(c1ccc2ccc(=O)oc2c1)c1ccc2ccc(=O)oc2c1)C(F)(F)C(F)(F)CF. The Hall–Kier alpha value is -3.29. The Morgan fingerprint density at radius 3 is 1.68 bits per heavy atom. The van der Waals surface area contributed by atoms with Crippen molar-refractivity contribution >= 4 is 48.1 Å². The molecule has 2 aromatic heterocycles. The summed E-state index contributed by atoms with van der Waals surface area (Å²) in [4.78, 5) is 35.3. The summed E-state index contributed by atoms with van der Waals surface area (Å²) in [6.45, 7) is -2.77. The molecule has 0 saturated heterocycles. The van der Waals surface area contributed by atoms with Crippen LogP contribution in [0.5, 0.6) is 0 Å². The molecule has 2 heterocycles. The Morgan fingerprint density at radius 1 is 0.794 bits per heavy atom. The molecule has 0 fully saturated rings. The van der Waals surface area contributed by atoms with Gasteiger partial charge in [0.1, 0.15) is 0 Å².